The molecule has 1 aromatic heterocycles. The highest BCUT2D eigenvalue weighted by molar-refractivity contribution is 14.1. The summed E-state index contributed by atoms with van der Waals surface area (Å²) in [5.41, 5.74) is 2.60. The molecule has 0 amide bonds. The number of rotatable bonds is 2. The Bertz CT molecular complexity index is 233. The highest BCUT2D eigenvalue weighted by Crippen LogP contribution is 2.24. The van der Waals surface area contributed by atoms with Crippen molar-refractivity contribution in [3.05, 3.63) is 29.6 Å². The van der Waals surface area contributed by atoms with Gasteiger partial charge in [0.2, 0.25) is 0 Å². The zero-order valence-electron chi connectivity index (χ0n) is 6.84. The summed E-state index contributed by atoms with van der Waals surface area (Å²) in [5, 5.41) is 0. The Morgan fingerprint density at radius 1 is 1.64 bits per heavy atom. The van der Waals surface area contributed by atoms with Crippen molar-refractivity contribution < 1.29 is 0 Å². The van der Waals surface area contributed by atoms with Gasteiger partial charge in [-0.05, 0) is 25.0 Å². The van der Waals surface area contributed by atoms with Gasteiger partial charge in [0.05, 0.1) is 0 Å². The Balaban J connectivity index is 3.02. The van der Waals surface area contributed by atoms with Crippen LogP contribution in [0.4, 0.5) is 0 Å². The van der Waals surface area contributed by atoms with Crippen molar-refractivity contribution in [2.75, 3.05) is 0 Å². The maximum atomic E-state index is 4.31. The maximum absolute atomic E-state index is 4.31. The van der Waals surface area contributed by atoms with E-state index in [9.17, 15) is 0 Å². The van der Waals surface area contributed by atoms with Crippen LogP contribution in [-0.4, -0.2) is 4.98 Å². The molecule has 0 aliphatic carbocycles. The van der Waals surface area contributed by atoms with Crippen molar-refractivity contribution in [3.63, 3.8) is 0 Å². The smallest absolute Gasteiger partial charge is 0.0443 e. The molecular formula is C9H12IN. The molecule has 0 N–H and O–H groups in total. The van der Waals surface area contributed by atoms with E-state index in [2.05, 4.69) is 47.5 Å². The molecule has 0 bridgehead atoms. The van der Waals surface area contributed by atoms with Gasteiger partial charge in [0, 0.05) is 15.8 Å². The average Bonchev–Trinajstić information content (AvgIpc) is 2.04. The van der Waals surface area contributed by atoms with E-state index in [1.54, 1.807) is 0 Å². The van der Waals surface area contributed by atoms with Crippen LogP contribution in [0.25, 0.3) is 0 Å². The van der Waals surface area contributed by atoms with Crippen LogP contribution in [0.2, 0.25) is 0 Å². The molecule has 1 atom stereocenters. The SMILES string of the molecule is CCc1ncccc1C(C)I. The minimum atomic E-state index is 0.566. The predicted molar refractivity (Wildman–Crippen MR) is 56.1 cm³/mol. The van der Waals surface area contributed by atoms with Crippen LogP contribution < -0.4 is 0 Å². The summed E-state index contributed by atoms with van der Waals surface area (Å²) in [6, 6.07) is 4.16. The molecule has 0 aliphatic rings. The second-order valence-electron chi connectivity index (χ2n) is 2.51. The summed E-state index contributed by atoms with van der Waals surface area (Å²) in [6.07, 6.45) is 2.89. The van der Waals surface area contributed by atoms with Gasteiger partial charge in [-0.15, -0.1) is 0 Å². The largest absolute Gasteiger partial charge is 0.261 e. The Morgan fingerprint density at radius 2 is 2.36 bits per heavy atom. The van der Waals surface area contributed by atoms with Gasteiger partial charge in [-0.1, -0.05) is 35.6 Å². The van der Waals surface area contributed by atoms with E-state index in [0.717, 1.165) is 6.42 Å². The van der Waals surface area contributed by atoms with Crippen molar-refractivity contribution in [2.24, 2.45) is 0 Å². The molecule has 0 spiro atoms. The summed E-state index contributed by atoms with van der Waals surface area (Å²) in [6.45, 7) is 4.33. The molecule has 1 heterocycles. The van der Waals surface area contributed by atoms with Gasteiger partial charge < -0.3 is 0 Å². The van der Waals surface area contributed by atoms with E-state index in [-0.39, 0.29) is 0 Å². The second-order valence-corrected chi connectivity index (χ2v) is 4.38. The molecule has 1 nitrogen and oxygen atoms in total. The number of hydrogen-bond acceptors (Lipinski definition) is 1. The summed E-state index contributed by atoms with van der Waals surface area (Å²) in [5.74, 6) is 0. The summed E-state index contributed by atoms with van der Waals surface area (Å²) >= 11 is 2.42. The lowest BCUT2D eigenvalue weighted by Gasteiger charge is -2.07. The van der Waals surface area contributed by atoms with Gasteiger partial charge in [-0.2, -0.15) is 0 Å². The molecule has 0 saturated carbocycles. The minimum Gasteiger partial charge on any atom is -0.261 e. The molecule has 1 unspecified atom stereocenters. The van der Waals surface area contributed by atoms with E-state index in [0.29, 0.717) is 3.92 Å². The topological polar surface area (TPSA) is 12.9 Å². The van der Waals surface area contributed by atoms with Crippen LogP contribution in [0.5, 0.6) is 0 Å². The maximum Gasteiger partial charge on any atom is 0.0443 e. The Kier molecular flexibility index (Phi) is 3.30. The fourth-order valence-corrected chi connectivity index (χ4v) is 1.68. The molecule has 11 heavy (non-hydrogen) atoms. The van der Waals surface area contributed by atoms with Crippen LogP contribution in [0.3, 0.4) is 0 Å². The molecule has 0 radical (unpaired) electrons. The Morgan fingerprint density at radius 3 is 2.82 bits per heavy atom. The summed E-state index contributed by atoms with van der Waals surface area (Å²) in [4.78, 5) is 4.31. The van der Waals surface area contributed by atoms with Crippen molar-refractivity contribution in [2.45, 2.75) is 24.2 Å². The molecule has 0 fully saturated rings. The number of aromatic nitrogens is 1. The first-order valence-electron chi connectivity index (χ1n) is 3.83. The molecule has 0 aliphatic heterocycles. The lowest BCUT2D eigenvalue weighted by molar-refractivity contribution is 0.967. The van der Waals surface area contributed by atoms with E-state index in [1.807, 2.05) is 12.3 Å². The fourth-order valence-electron chi connectivity index (χ4n) is 1.11. The molecule has 1 aromatic rings. The van der Waals surface area contributed by atoms with E-state index in [4.69, 9.17) is 0 Å². The third kappa shape index (κ3) is 2.15. The molecule has 0 saturated heterocycles. The number of nitrogens with zero attached hydrogens (tertiary/aromatic N) is 1. The van der Waals surface area contributed by atoms with Crippen molar-refractivity contribution >= 4 is 22.6 Å². The van der Waals surface area contributed by atoms with Crippen LogP contribution in [0, 0.1) is 0 Å². The second kappa shape index (κ2) is 4.04. The van der Waals surface area contributed by atoms with Gasteiger partial charge in [-0.25, -0.2) is 0 Å². The highest BCUT2D eigenvalue weighted by atomic mass is 127. The van der Waals surface area contributed by atoms with Crippen LogP contribution in [-0.2, 0) is 6.42 Å². The first-order valence-corrected chi connectivity index (χ1v) is 5.08. The monoisotopic (exact) mass is 261 g/mol. The average molecular weight is 261 g/mol. The summed E-state index contributed by atoms with van der Waals surface area (Å²) < 4.78 is 0.566. The van der Waals surface area contributed by atoms with E-state index in [1.165, 1.54) is 11.3 Å². The van der Waals surface area contributed by atoms with Gasteiger partial charge >= 0.3 is 0 Å². The number of halogens is 1. The fraction of sp³-hybridized carbons (Fsp3) is 0.444. The standard InChI is InChI=1S/C9H12IN/c1-3-9-8(7(2)10)5-4-6-11-9/h4-7H,3H2,1-2H3. The van der Waals surface area contributed by atoms with E-state index >= 15 is 0 Å². The molecule has 60 valence electrons. The minimum absolute atomic E-state index is 0.566. The Labute approximate surface area is 81.4 Å². The third-order valence-electron chi connectivity index (χ3n) is 1.69. The predicted octanol–water partition coefficient (Wildman–Crippen LogP) is 3.14. The van der Waals surface area contributed by atoms with Gasteiger partial charge in [0.15, 0.2) is 0 Å². The van der Waals surface area contributed by atoms with Crippen molar-refractivity contribution in [1.29, 1.82) is 0 Å². The van der Waals surface area contributed by atoms with Crippen molar-refractivity contribution in [1.82, 2.24) is 4.98 Å². The lowest BCUT2D eigenvalue weighted by Crippen LogP contribution is -1.95. The number of alkyl halides is 1. The van der Waals surface area contributed by atoms with Crippen molar-refractivity contribution in [3.8, 4) is 0 Å². The number of hydrogen-bond donors (Lipinski definition) is 0. The Hall–Kier alpha value is -0.120. The highest BCUT2D eigenvalue weighted by Gasteiger charge is 2.05. The van der Waals surface area contributed by atoms with Gasteiger partial charge in [0.1, 0.15) is 0 Å². The van der Waals surface area contributed by atoms with Crippen LogP contribution in [0.15, 0.2) is 18.3 Å². The van der Waals surface area contributed by atoms with Gasteiger partial charge in [-0.3, -0.25) is 4.98 Å². The molecule has 2 heteroatoms. The third-order valence-corrected chi connectivity index (χ3v) is 2.36. The van der Waals surface area contributed by atoms with E-state index < -0.39 is 0 Å². The quantitative estimate of drug-likeness (QED) is 0.588. The lowest BCUT2D eigenvalue weighted by atomic mass is 10.1. The molecule has 1 rings (SSSR count). The van der Waals surface area contributed by atoms with Crippen LogP contribution >= 0.6 is 22.6 Å². The first-order chi connectivity index (χ1) is 5.25. The zero-order chi connectivity index (χ0) is 8.27. The molecule has 0 aromatic carbocycles. The normalized spacial score (nSPS) is 13.0. The zero-order valence-corrected chi connectivity index (χ0v) is 9.00. The summed E-state index contributed by atoms with van der Waals surface area (Å²) in [7, 11) is 0. The number of aryl methyl sites for hydroxylation is 1. The number of pyridine rings is 1. The van der Waals surface area contributed by atoms with Gasteiger partial charge in [0.25, 0.3) is 0 Å². The first kappa shape index (κ1) is 8.97. The molecular weight excluding hydrogens is 249 g/mol. The van der Waals surface area contributed by atoms with Crippen LogP contribution in [0.1, 0.15) is 29.0 Å².